The summed E-state index contributed by atoms with van der Waals surface area (Å²) in [4.78, 5) is 16.9. The van der Waals surface area contributed by atoms with Crippen LogP contribution in [0.5, 0.6) is 11.5 Å². The van der Waals surface area contributed by atoms with Crippen molar-refractivity contribution in [2.75, 3.05) is 7.11 Å². The molecule has 1 aliphatic carbocycles. The van der Waals surface area contributed by atoms with Crippen LogP contribution in [0, 0.1) is 0 Å². The fraction of sp³-hybridized carbons (Fsp3) is 0.471. The molecule has 23 heavy (non-hydrogen) atoms. The van der Waals surface area contributed by atoms with Crippen LogP contribution in [-0.2, 0) is 9.63 Å². The second-order valence-electron chi connectivity index (χ2n) is 5.90. The van der Waals surface area contributed by atoms with Gasteiger partial charge >= 0.3 is 5.97 Å². The minimum Gasteiger partial charge on any atom is -0.493 e. The first kappa shape index (κ1) is 15.7. The Bertz CT molecular complexity index is 636. The highest BCUT2D eigenvalue weighted by atomic mass is 16.7. The van der Waals surface area contributed by atoms with Crippen molar-refractivity contribution in [1.82, 2.24) is 5.48 Å². The van der Waals surface area contributed by atoms with Crippen LogP contribution in [0.3, 0.4) is 0 Å². The highest BCUT2D eigenvalue weighted by molar-refractivity contribution is 5.73. The Kier molecular flexibility index (Phi) is 4.17. The number of carboxylic acids is 1. The van der Waals surface area contributed by atoms with E-state index in [1.54, 1.807) is 19.1 Å². The lowest BCUT2D eigenvalue weighted by atomic mass is 9.80. The monoisotopic (exact) mass is 319 g/mol. The molecule has 6 nitrogen and oxygen atoms in total. The average molecular weight is 319 g/mol. The molecule has 1 heterocycles. The first-order valence-corrected chi connectivity index (χ1v) is 7.81. The number of methoxy groups -OCH3 is 1. The quantitative estimate of drug-likeness (QED) is 0.839. The lowest BCUT2D eigenvalue weighted by Crippen LogP contribution is -2.36. The summed E-state index contributed by atoms with van der Waals surface area (Å²) in [6, 6.07) is 5.45. The Morgan fingerprint density at radius 3 is 2.74 bits per heavy atom. The van der Waals surface area contributed by atoms with E-state index in [-0.39, 0.29) is 5.60 Å². The maximum absolute atomic E-state index is 11.2. The summed E-state index contributed by atoms with van der Waals surface area (Å²) in [5.41, 5.74) is 4.55. The molecule has 0 saturated heterocycles. The van der Waals surface area contributed by atoms with Crippen molar-refractivity contribution in [3.05, 3.63) is 29.8 Å². The first-order chi connectivity index (χ1) is 11.1. The van der Waals surface area contributed by atoms with E-state index in [1.165, 1.54) is 13.5 Å². The molecule has 1 aliphatic heterocycles. The van der Waals surface area contributed by atoms with E-state index in [2.05, 4.69) is 11.6 Å². The van der Waals surface area contributed by atoms with Gasteiger partial charge in [0.1, 0.15) is 5.60 Å². The molecule has 1 fully saturated rings. The van der Waals surface area contributed by atoms with Crippen molar-refractivity contribution in [2.24, 2.45) is 0 Å². The molecule has 3 rings (SSSR count). The number of nitrogens with one attached hydrogen (secondary N) is 1. The van der Waals surface area contributed by atoms with Crippen LogP contribution < -0.4 is 15.0 Å². The summed E-state index contributed by atoms with van der Waals surface area (Å²) >= 11 is 0. The highest BCUT2D eigenvalue weighted by Crippen LogP contribution is 2.42. The van der Waals surface area contributed by atoms with Gasteiger partial charge in [-0.25, -0.2) is 4.79 Å². The second kappa shape index (κ2) is 6.12. The van der Waals surface area contributed by atoms with Gasteiger partial charge in [0, 0.05) is 5.56 Å². The van der Waals surface area contributed by atoms with Gasteiger partial charge < -0.3 is 14.6 Å². The van der Waals surface area contributed by atoms with Gasteiger partial charge in [-0.3, -0.25) is 10.3 Å². The van der Waals surface area contributed by atoms with Gasteiger partial charge in [0.15, 0.2) is 17.6 Å². The number of benzene rings is 1. The third kappa shape index (κ3) is 2.99. The Morgan fingerprint density at radius 2 is 2.22 bits per heavy atom. The summed E-state index contributed by atoms with van der Waals surface area (Å²) < 4.78 is 10.9. The fourth-order valence-corrected chi connectivity index (χ4v) is 2.79. The van der Waals surface area contributed by atoms with Gasteiger partial charge in [0.25, 0.3) is 0 Å². The lowest BCUT2D eigenvalue weighted by molar-refractivity contribution is -0.145. The van der Waals surface area contributed by atoms with Gasteiger partial charge in [0.05, 0.1) is 12.8 Å². The average Bonchev–Trinajstić information content (AvgIpc) is 2.98. The van der Waals surface area contributed by atoms with E-state index >= 15 is 0 Å². The number of ether oxygens (including phenoxy) is 2. The Morgan fingerprint density at radius 1 is 1.43 bits per heavy atom. The van der Waals surface area contributed by atoms with Crippen molar-refractivity contribution in [2.45, 2.75) is 44.3 Å². The molecule has 0 aromatic heterocycles. The molecular formula is C17H21NO5. The van der Waals surface area contributed by atoms with Crippen LogP contribution >= 0.6 is 0 Å². The maximum atomic E-state index is 11.2. The zero-order chi connectivity index (χ0) is 16.4. The van der Waals surface area contributed by atoms with Crippen molar-refractivity contribution in [1.29, 1.82) is 0 Å². The number of hydrogen-bond donors (Lipinski definition) is 2. The molecule has 1 unspecified atom stereocenters. The molecule has 0 radical (unpaired) electrons. The van der Waals surface area contributed by atoms with Gasteiger partial charge in [0.2, 0.25) is 0 Å². The molecule has 1 aromatic rings. The molecule has 1 spiro atoms. The molecule has 124 valence electrons. The van der Waals surface area contributed by atoms with Crippen molar-refractivity contribution in [3.63, 3.8) is 0 Å². The molecule has 0 amide bonds. The van der Waals surface area contributed by atoms with E-state index in [0.29, 0.717) is 17.9 Å². The minimum absolute atomic E-state index is 0.177. The summed E-state index contributed by atoms with van der Waals surface area (Å²) in [6.45, 7) is 1.77. The van der Waals surface area contributed by atoms with E-state index in [4.69, 9.17) is 14.3 Å². The summed E-state index contributed by atoms with van der Waals surface area (Å²) in [5.74, 6) is -0.0715. The van der Waals surface area contributed by atoms with E-state index in [0.717, 1.165) is 24.1 Å². The molecule has 6 heteroatoms. The Balaban J connectivity index is 1.87. The van der Waals surface area contributed by atoms with Crippen molar-refractivity contribution >= 4 is 11.7 Å². The Hall–Kier alpha value is -2.21. The van der Waals surface area contributed by atoms with Crippen LogP contribution in [0.2, 0.25) is 0 Å². The summed E-state index contributed by atoms with van der Waals surface area (Å²) in [5, 5.41) is 9.18. The SMILES string of the molecule is CCC(Oc1cc(C2=CC3(CCC3)ON2)ccc1OC)C(=O)O. The lowest BCUT2D eigenvalue weighted by Gasteiger charge is -2.33. The highest BCUT2D eigenvalue weighted by Gasteiger charge is 2.41. The smallest absolute Gasteiger partial charge is 0.344 e. The topological polar surface area (TPSA) is 77.0 Å². The van der Waals surface area contributed by atoms with E-state index < -0.39 is 12.1 Å². The predicted molar refractivity (Wildman–Crippen MR) is 84.1 cm³/mol. The van der Waals surface area contributed by atoms with Crippen LogP contribution in [0.4, 0.5) is 0 Å². The molecular weight excluding hydrogens is 298 g/mol. The molecule has 1 aromatic carbocycles. The van der Waals surface area contributed by atoms with Gasteiger partial charge in [-0.2, -0.15) is 0 Å². The zero-order valence-electron chi connectivity index (χ0n) is 13.3. The number of carboxylic acid groups (broad SMARTS) is 1. The van der Waals surface area contributed by atoms with Crippen LogP contribution in [-0.4, -0.2) is 29.9 Å². The van der Waals surface area contributed by atoms with Crippen molar-refractivity contribution in [3.8, 4) is 11.5 Å². The molecule has 1 atom stereocenters. The summed E-state index contributed by atoms with van der Waals surface area (Å²) in [6.07, 6.45) is 4.75. The zero-order valence-corrected chi connectivity index (χ0v) is 13.3. The normalized spacial score (nSPS) is 19.5. The van der Waals surface area contributed by atoms with Gasteiger partial charge in [-0.05, 0) is 50.0 Å². The largest absolute Gasteiger partial charge is 0.493 e. The molecule has 2 aliphatic rings. The number of hydroxylamine groups is 1. The number of hydrogen-bond acceptors (Lipinski definition) is 5. The number of rotatable bonds is 6. The standard InChI is InChI=1S/C17H21NO5/c1-3-13(16(19)20)22-15-9-11(5-6-14(15)21-2)12-10-17(23-18-12)7-4-8-17/h5-6,9-10,13,18H,3-4,7-8H2,1-2H3,(H,19,20). The number of carbonyl (C=O) groups is 1. The summed E-state index contributed by atoms with van der Waals surface area (Å²) in [7, 11) is 1.53. The fourth-order valence-electron chi connectivity index (χ4n) is 2.79. The van der Waals surface area contributed by atoms with Gasteiger partial charge in [-0.15, -0.1) is 0 Å². The van der Waals surface area contributed by atoms with Crippen LogP contribution in [0.15, 0.2) is 24.3 Å². The van der Waals surface area contributed by atoms with Crippen LogP contribution in [0.1, 0.15) is 38.2 Å². The molecule has 1 saturated carbocycles. The maximum Gasteiger partial charge on any atom is 0.344 e. The van der Waals surface area contributed by atoms with Gasteiger partial charge in [-0.1, -0.05) is 6.92 Å². The van der Waals surface area contributed by atoms with Crippen molar-refractivity contribution < 1.29 is 24.2 Å². The van der Waals surface area contributed by atoms with Crippen LogP contribution in [0.25, 0.3) is 5.70 Å². The minimum atomic E-state index is -0.991. The third-order valence-electron chi connectivity index (χ3n) is 4.36. The van der Waals surface area contributed by atoms with E-state index in [9.17, 15) is 9.90 Å². The molecule has 0 bridgehead atoms. The molecule has 2 N–H and O–H groups in total. The predicted octanol–water partition coefficient (Wildman–Crippen LogP) is 2.74. The number of aliphatic carboxylic acids is 1. The second-order valence-corrected chi connectivity index (χ2v) is 5.90. The van der Waals surface area contributed by atoms with E-state index in [1.807, 2.05) is 6.07 Å². The third-order valence-corrected chi connectivity index (χ3v) is 4.36. The Labute approximate surface area is 135 Å². The first-order valence-electron chi connectivity index (χ1n) is 7.81.